The molecule has 0 amide bonds. The highest BCUT2D eigenvalue weighted by Crippen LogP contribution is 2.21. The van der Waals surface area contributed by atoms with Crippen molar-refractivity contribution in [1.82, 2.24) is 0 Å². The van der Waals surface area contributed by atoms with E-state index in [2.05, 4.69) is 31.2 Å². The van der Waals surface area contributed by atoms with Gasteiger partial charge in [0.25, 0.3) is 0 Å². The van der Waals surface area contributed by atoms with E-state index in [0.717, 1.165) is 18.4 Å². The minimum atomic E-state index is 0.128. The van der Waals surface area contributed by atoms with Crippen LogP contribution in [0, 0.1) is 0 Å². The standard InChI is InChI=1S/C15H16O/c1-3-5-12-6-4-7-14-10-13(11(2)16)8-9-15(12)14/h4,6-10H,3,5H2,1-2H3. The molecule has 0 fully saturated rings. The molecule has 2 rings (SSSR count). The number of rotatable bonds is 3. The molecule has 0 radical (unpaired) electrons. The fourth-order valence-corrected chi connectivity index (χ4v) is 2.06. The highest BCUT2D eigenvalue weighted by atomic mass is 16.1. The van der Waals surface area contributed by atoms with Crippen LogP contribution in [0.15, 0.2) is 36.4 Å². The fraction of sp³-hybridized carbons (Fsp3) is 0.267. The summed E-state index contributed by atoms with van der Waals surface area (Å²) in [7, 11) is 0. The molecule has 0 saturated heterocycles. The molecule has 16 heavy (non-hydrogen) atoms. The highest BCUT2D eigenvalue weighted by Gasteiger charge is 2.03. The zero-order valence-electron chi connectivity index (χ0n) is 9.79. The Bertz CT molecular complexity index is 526. The number of Topliss-reactive ketones (excluding diaryl/α,β-unsaturated/α-hetero) is 1. The quantitative estimate of drug-likeness (QED) is 0.703. The second kappa shape index (κ2) is 4.48. The van der Waals surface area contributed by atoms with Crippen molar-refractivity contribution in [2.24, 2.45) is 0 Å². The van der Waals surface area contributed by atoms with Gasteiger partial charge in [0, 0.05) is 5.56 Å². The van der Waals surface area contributed by atoms with Gasteiger partial charge in [-0.25, -0.2) is 0 Å². The van der Waals surface area contributed by atoms with E-state index < -0.39 is 0 Å². The van der Waals surface area contributed by atoms with E-state index in [9.17, 15) is 4.79 Å². The molecule has 0 aliphatic rings. The van der Waals surface area contributed by atoms with Gasteiger partial charge < -0.3 is 0 Å². The first-order valence-electron chi connectivity index (χ1n) is 5.75. The monoisotopic (exact) mass is 212 g/mol. The number of carbonyl (C=O) groups is 1. The second-order valence-corrected chi connectivity index (χ2v) is 4.16. The largest absolute Gasteiger partial charge is 0.295 e. The Hall–Kier alpha value is -1.63. The number of carbonyl (C=O) groups excluding carboxylic acids is 1. The lowest BCUT2D eigenvalue weighted by atomic mass is 9.98. The molecule has 0 aliphatic heterocycles. The zero-order valence-corrected chi connectivity index (χ0v) is 9.79. The van der Waals surface area contributed by atoms with E-state index in [1.807, 2.05) is 12.1 Å². The van der Waals surface area contributed by atoms with Gasteiger partial charge in [-0.2, -0.15) is 0 Å². The van der Waals surface area contributed by atoms with Gasteiger partial charge in [-0.1, -0.05) is 43.7 Å². The molecule has 0 aromatic heterocycles. The summed E-state index contributed by atoms with van der Waals surface area (Å²) in [6.45, 7) is 3.79. The smallest absolute Gasteiger partial charge is 0.159 e. The molecule has 0 aliphatic carbocycles. The molecule has 82 valence electrons. The SMILES string of the molecule is CCCc1cccc2cc(C(C)=O)ccc12. The molecule has 0 heterocycles. The minimum Gasteiger partial charge on any atom is -0.295 e. The maximum atomic E-state index is 11.3. The van der Waals surface area contributed by atoms with Crippen LogP contribution in [0.5, 0.6) is 0 Å². The lowest BCUT2D eigenvalue weighted by Crippen LogP contribution is -1.92. The van der Waals surface area contributed by atoms with Gasteiger partial charge in [-0.05, 0) is 35.7 Å². The van der Waals surface area contributed by atoms with Crippen LogP contribution >= 0.6 is 0 Å². The Balaban J connectivity index is 2.59. The molecule has 0 unspecified atom stereocenters. The van der Waals surface area contributed by atoms with E-state index in [-0.39, 0.29) is 5.78 Å². The predicted molar refractivity (Wildman–Crippen MR) is 67.9 cm³/mol. The Morgan fingerprint density at radius 2 is 2.00 bits per heavy atom. The zero-order chi connectivity index (χ0) is 11.5. The second-order valence-electron chi connectivity index (χ2n) is 4.16. The van der Waals surface area contributed by atoms with E-state index in [1.54, 1.807) is 6.92 Å². The first-order chi connectivity index (χ1) is 7.72. The third-order valence-electron chi connectivity index (χ3n) is 2.90. The maximum absolute atomic E-state index is 11.3. The number of fused-ring (bicyclic) bond motifs is 1. The highest BCUT2D eigenvalue weighted by molar-refractivity contribution is 5.99. The molecule has 1 heteroatoms. The minimum absolute atomic E-state index is 0.128. The number of aryl methyl sites for hydroxylation is 1. The Kier molecular flexibility index (Phi) is 3.04. The van der Waals surface area contributed by atoms with Gasteiger partial charge in [0.05, 0.1) is 0 Å². The Labute approximate surface area is 96.1 Å². The summed E-state index contributed by atoms with van der Waals surface area (Å²) in [6, 6.07) is 12.3. The topological polar surface area (TPSA) is 17.1 Å². The molecule has 0 atom stereocenters. The van der Waals surface area contributed by atoms with E-state index in [0.29, 0.717) is 0 Å². The van der Waals surface area contributed by atoms with Gasteiger partial charge in [0.2, 0.25) is 0 Å². The Morgan fingerprint density at radius 3 is 2.69 bits per heavy atom. The molecule has 2 aromatic carbocycles. The first kappa shape index (κ1) is 10.9. The summed E-state index contributed by atoms with van der Waals surface area (Å²) in [6.07, 6.45) is 2.24. The molecular formula is C15H16O. The molecular weight excluding hydrogens is 196 g/mol. The van der Waals surface area contributed by atoms with Crippen molar-refractivity contribution in [3.63, 3.8) is 0 Å². The Morgan fingerprint density at radius 1 is 1.19 bits per heavy atom. The lowest BCUT2D eigenvalue weighted by Gasteiger charge is -2.06. The van der Waals surface area contributed by atoms with Crippen LogP contribution in [0.2, 0.25) is 0 Å². The summed E-state index contributed by atoms with van der Waals surface area (Å²) in [5.74, 6) is 0.128. The summed E-state index contributed by atoms with van der Waals surface area (Å²) >= 11 is 0. The number of hydrogen-bond donors (Lipinski definition) is 0. The summed E-state index contributed by atoms with van der Waals surface area (Å²) in [5, 5.41) is 2.44. The third-order valence-corrected chi connectivity index (χ3v) is 2.90. The van der Waals surface area contributed by atoms with Crippen molar-refractivity contribution in [2.45, 2.75) is 26.7 Å². The summed E-state index contributed by atoms with van der Waals surface area (Å²) in [5.41, 5.74) is 2.16. The molecule has 0 bridgehead atoms. The van der Waals surface area contributed by atoms with Crippen LogP contribution in [-0.2, 0) is 6.42 Å². The van der Waals surface area contributed by atoms with Crippen LogP contribution in [0.4, 0.5) is 0 Å². The van der Waals surface area contributed by atoms with Crippen molar-refractivity contribution in [3.8, 4) is 0 Å². The van der Waals surface area contributed by atoms with Crippen LogP contribution in [-0.4, -0.2) is 5.78 Å². The van der Waals surface area contributed by atoms with Crippen LogP contribution < -0.4 is 0 Å². The van der Waals surface area contributed by atoms with Gasteiger partial charge in [-0.3, -0.25) is 4.79 Å². The van der Waals surface area contributed by atoms with Crippen molar-refractivity contribution in [2.75, 3.05) is 0 Å². The molecule has 1 nitrogen and oxygen atoms in total. The van der Waals surface area contributed by atoms with Gasteiger partial charge in [0.1, 0.15) is 0 Å². The van der Waals surface area contributed by atoms with E-state index >= 15 is 0 Å². The first-order valence-corrected chi connectivity index (χ1v) is 5.75. The van der Waals surface area contributed by atoms with Gasteiger partial charge >= 0.3 is 0 Å². The maximum Gasteiger partial charge on any atom is 0.159 e. The van der Waals surface area contributed by atoms with Crippen molar-refractivity contribution in [1.29, 1.82) is 0 Å². The average molecular weight is 212 g/mol. The van der Waals surface area contributed by atoms with Crippen molar-refractivity contribution < 1.29 is 4.79 Å². The molecule has 2 aromatic rings. The van der Waals surface area contributed by atoms with Gasteiger partial charge in [-0.15, -0.1) is 0 Å². The fourth-order valence-electron chi connectivity index (χ4n) is 2.06. The third kappa shape index (κ3) is 1.99. The van der Waals surface area contributed by atoms with E-state index in [4.69, 9.17) is 0 Å². The molecule has 0 N–H and O–H groups in total. The van der Waals surface area contributed by atoms with Gasteiger partial charge in [0.15, 0.2) is 5.78 Å². The van der Waals surface area contributed by atoms with E-state index in [1.165, 1.54) is 16.3 Å². The summed E-state index contributed by atoms with van der Waals surface area (Å²) in [4.78, 5) is 11.3. The predicted octanol–water partition coefficient (Wildman–Crippen LogP) is 3.99. The molecule has 0 spiro atoms. The number of benzene rings is 2. The lowest BCUT2D eigenvalue weighted by molar-refractivity contribution is 0.101. The average Bonchev–Trinajstić information content (AvgIpc) is 2.29. The van der Waals surface area contributed by atoms with Crippen LogP contribution in [0.3, 0.4) is 0 Å². The van der Waals surface area contributed by atoms with Crippen LogP contribution in [0.1, 0.15) is 36.2 Å². The van der Waals surface area contributed by atoms with Crippen LogP contribution in [0.25, 0.3) is 10.8 Å². The molecule has 0 saturated carbocycles. The van der Waals surface area contributed by atoms with Crippen molar-refractivity contribution in [3.05, 3.63) is 47.5 Å². The normalized spacial score (nSPS) is 10.6. The number of ketones is 1. The number of hydrogen-bond acceptors (Lipinski definition) is 1. The van der Waals surface area contributed by atoms with Crippen molar-refractivity contribution >= 4 is 16.6 Å². The summed E-state index contributed by atoms with van der Waals surface area (Å²) < 4.78 is 0.